The van der Waals surface area contributed by atoms with Crippen molar-refractivity contribution in [1.82, 2.24) is 9.97 Å². The van der Waals surface area contributed by atoms with Crippen molar-refractivity contribution >= 4 is 27.7 Å². The number of hydrogen-bond acceptors (Lipinski definition) is 4. The van der Waals surface area contributed by atoms with Crippen LogP contribution in [0.4, 0.5) is 0 Å². The minimum atomic E-state index is -0.140. The number of nitrogens with one attached hydrogen (secondary N) is 1. The molecule has 3 N–H and O–H groups in total. The van der Waals surface area contributed by atoms with Gasteiger partial charge < -0.3 is 10.7 Å². The minimum absolute atomic E-state index is 0.00717. The first-order valence-electron chi connectivity index (χ1n) is 5.76. The van der Waals surface area contributed by atoms with E-state index in [1.807, 2.05) is 25.1 Å². The summed E-state index contributed by atoms with van der Waals surface area (Å²) in [6, 6.07) is 7.40. The van der Waals surface area contributed by atoms with E-state index in [2.05, 4.69) is 25.9 Å². The first-order chi connectivity index (χ1) is 8.95. The van der Waals surface area contributed by atoms with Gasteiger partial charge in [-0.1, -0.05) is 17.8 Å². The van der Waals surface area contributed by atoms with Gasteiger partial charge in [0.1, 0.15) is 0 Å². The highest BCUT2D eigenvalue weighted by Gasteiger charge is 2.08. The molecule has 1 aromatic heterocycles. The summed E-state index contributed by atoms with van der Waals surface area (Å²) in [5, 5.41) is 0.583. The fourth-order valence-electron chi connectivity index (χ4n) is 1.59. The van der Waals surface area contributed by atoms with Gasteiger partial charge in [0.15, 0.2) is 5.16 Å². The lowest BCUT2D eigenvalue weighted by Gasteiger charge is -2.09. The van der Waals surface area contributed by atoms with Gasteiger partial charge in [-0.05, 0) is 47.5 Å². The van der Waals surface area contributed by atoms with Crippen LogP contribution in [0.3, 0.4) is 0 Å². The first kappa shape index (κ1) is 14.3. The maximum absolute atomic E-state index is 11.4. The molecule has 0 spiro atoms. The van der Waals surface area contributed by atoms with E-state index >= 15 is 0 Å². The van der Waals surface area contributed by atoms with Crippen molar-refractivity contribution in [3.8, 4) is 0 Å². The van der Waals surface area contributed by atoms with E-state index in [0.29, 0.717) is 10.9 Å². The average molecular weight is 340 g/mol. The van der Waals surface area contributed by atoms with Gasteiger partial charge in [-0.15, -0.1) is 0 Å². The van der Waals surface area contributed by atoms with Gasteiger partial charge >= 0.3 is 0 Å². The van der Waals surface area contributed by atoms with Gasteiger partial charge in [0.05, 0.1) is 0 Å². The molecule has 6 heteroatoms. The zero-order chi connectivity index (χ0) is 14.0. The van der Waals surface area contributed by atoms with E-state index in [4.69, 9.17) is 5.73 Å². The zero-order valence-electron chi connectivity index (χ0n) is 10.6. The number of aromatic nitrogens is 2. The minimum Gasteiger partial charge on any atom is -0.324 e. The molecule has 0 aliphatic rings. The van der Waals surface area contributed by atoms with Gasteiger partial charge in [-0.3, -0.25) is 4.79 Å². The van der Waals surface area contributed by atoms with Crippen molar-refractivity contribution in [2.24, 2.45) is 5.73 Å². The molecule has 4 nitrogen and oxygen atoms in total. The molecule has 0 amide bonds. The molecule has 0 unspecified atom stereocenters. The lowest BCUT2D eigenvalue weighted by molar-refractivity contribution is 0.815. The van der Waals surface area contributed by atoms with E-state index in [1.54, 1.807) is 6.92 Å². The fraction of sp³-hybridized carbons (Fsp3) is 0.231. The molecule has 2 aromatic rings. The normalized spacial score (nSPS) is 12.4. The highest BCUT2D eigenvalue weighted by molar-refractivity contribution is 9.10. The maximum atomic E-state index is 11.4. The number of halogens is 1. The summed E-state index contributed by atoms with van der Waals surface area (Å²) in [5.74, 6) is 0. The number of H-pyrrole nitrogens is 1. The van der Waals surface area contributed by atoms with Crippen LogP contribution in [0.1, 0.15) is 24.2 Å². The summed E-state index contributed by atoms with van der Waals surface area (Å²) >= 11 is 4.92. The fourth-order valence-corrected chi connectivity index (χ4v) is 3.07. The molecule has 1 aromatic carbocycles. The summed E-state index contributed by atoms with van der Waals surface area (Å²) in [6.45, 7) is 3.74. The third-order valence-electron chi connectivity index (χ3n) is 2.54. The van der Waals surface area contributed by atoms with Gasteiger partial charge in [0.2, 0.25) is 0 Å². The largest absolute Gasteiger partial charge is 0.324 e. The Labute approximate surface area is 124 Å². The van der Waals surface area contributed by atoms with Gasteiger partial charge in [0, 0.05) is 27.2 Å². The number of rotatable bonds is 3. The van der Waals surface area contributed by atoms with Crippen molar-refractivity contribution in [2.45, 2.75) is 29.9 Å². The van der Waals surface area contributed by atoms with Crippen LogP contribution in [-0.4, -0.2) is 9.97 Å². The molecule has 0 saturated heterocycles. The van der Waals surface area contributed by atoms with Crippen LogP contribution in [-0.2, 0) is 0 Å². The number of hydrogen-bond donors (Lipinski definition) is 2. The van der Waals surface area contributed by atoms with Crippen LogP contribution in [0.25, 0.3) is 0 Å². The highest BCUT2D eigenvalue weighted by atomic mass is 79.9. The zero-order valence-corrected chi connectivity index (χ0v) is 13.0. The quantitative estimate of drug-likeness (QED) is 0.843. The van der Waals surface area contributed by atoms with Crippen molar-refractivity contribution in [2.75, 3.05) is 0 Å². The van der Waals surface area contributed by atoms with Crippen LogP contribution in [0, 0.1) is 6.92 Å². The Morgan fingerprint density at radius 3 is 2.74 bits per heavy atom. The lowest BCUT2D eigenvalue weighted by Crippen LogP contribution is -2.08. The molecule has 0 radical (unpaired) electrons. The number of nitrogens with zero attached hydrogens (tertiary/aromatic N) is 1. The SMILES string of the molecule is Cc1cc(=O)[nH]c(Sc2ccc([C@@H](C)N)cc2Br)n1. The second-order valence-electron chi connectivity index (χ2n) is 4.27. The second-order valence-corrected chi connectivity index (χ2v) is 6.16. The molecule has 1 atom stereocenters. The molecule has 0 saturated carbocycles. The number of aromatic amines is 1. The monoisotopic (exact) mass is 339 g/mol. The van der Waals surface area contributed by atoms with Crippen LogP contribution in [0.5, 0.6) is 0 Å². The Balaban J connectivity index is 2.30. The predicted molar refractivity (Wildman–Crippen MR) is 80.5 cm³/mol. The van der Waals surface area contributed by atoms with Gasteiger partial charge in [-0.2, -0.15) is 0 Å². The van der Waals surface area contributed by atoms with Crippen molar-refractivity contribution in [3.63, 3.8) is 0 Å². The summed E-state index contributed by atoms with van der Waals surface area (Å²) < 4.78 is 0.941. The summed E-state index contributed by atoms with van der Waals surface area (Å²) in [7, 11) is 0. The van der Waals surface area contributed by atoms with E-state index < -0.39 is 0 Å². The molecule has 0 bridgehead atoms. The Morgan fingerprint density at radius 2 is 2.16 bits per heavy atom. The molecule has 100 valence electrons. The summed E-state index contributed by atoms with van der Waals surface area (Å²) in [6.07, 6.45) is 0. The van der Waals surface area contributed by atoms with Crippen LogP contribution < -0.4 is 11.3 Å². The molecule has 0 aliphatic heterocycles. The Kier molecular flexibility index (Phi) is 4.44. The molecular weight excluding hydrogens is 326 g/mol. The average Bonchev–Trinajstić information content (AvgIpc) is 2.30. The van der Waals surface area contributed by atoms with Crippen molar-refractivity contribution in [1.29, 1.82) is 0 Å². The summed E-state index contributed by atoms with van der Waals surface area (Å²) in [4.78, 5) is 19.4. The molecule has 19 heavy (non-hydrogen) atoms. The van der Waals surface area contributed by atoms with Crippen LogP contribution >= 0.6 is 27.7 Å². The number of nitrogens with two attached hydrogens (primary N) is 1. The standard InChI is InChI=1S/C13H14BrN3OS/c1-7-5-12(18)17-13(16-7)19-11-4-3-9(8(2)15)6-10(11)14/h3-6,8H,15H2,1-2H3,(H,16,17,18)/t8-/m1/s1. The van der Waals surface area contributed by atoms with E-state index in [9.17, 15) is 4.79 Å². The first-order valence-corrected chi connectivity index (χ1v) is 7.37. The molecule has 0 aliphatic carbocycles. The third kappa shape index (κ3) is 3.68. The second kappa shape index (κ2) is 5.90. The number of aryl methyl sites for hydroxylation is 1. The highest BCUT2D eigenvalue weighted by Crippen LogP contribution is 2.32. The van der Waals surface area contributed by atoms with E-state index in [1.165, 1.54) is 17.8 Å². The third-order valence-corrected chi connectivity index (χ3v) is 4.42. The maximum Gasteiger partial charge on any atom is 0.251 e. The molecule has 0 fully saturated rings. The van der Waals surface area contributed by atoms with Crippen LogP contribution in [0.2, 0.25) is 0 Å². The molecule has 2 rings (SSSR count). The molecule has 1 heterocycles. The van der Waals surface area contributed by atoms with Crippen LogP contribution in [0.15, 0.2) is 43.6 Å². The summed E-state index contributed by atoms with van der Waals surface area (Å²) in [5.41, 5.74) is 7.46. The van der Waals surface area contributed by atoms with Crippen molar-refractivity contribution < 1.29 is 0 Å². The predicted octanol–water partition coefficient (Wildman–Crippen LogP) is 3.01. The van der Waals surface area contributed by atoms with E-state index in [-0.39, 0.29) is 11.6 Å². The topological polar surface area (TPSA) is 71.8 Å². The van der Waals surface area contributed by atoms with Gasteiger partial charge in [0.25, 0.3) is 5.56 Å². The Hall–Kier alpha value is -1.11. The Bertz CT molecular complexity index is 655. The lowest BCUT2D eigenvalue weighted by atomic mass is 10.1. The smallest absolute Gasteiger partial charge is 0.251 e. The number of benzene rings is 1. The van der Waals surface area contributed by atoms with Crippen molar-refractivity contribution in [3.05, 3.63) is 50.3 Å². The Morgan fingerprint density at radius 1 is 1.42 bits per heavy atom. The molecular formula is C13H14BrN3OS. The van der Waals surface area contributed by atoms with E-state index in [0.717, 1.165) is 14.9 Å². The van der Waals surface area contributed by atoms with Gasteiger partial charge in [-0.25, -0.2) is 4.98 Å².